The van der Waals surface area contributed by atoms with Gasteiger partial charge in [0.05, 0.1) is 5.69 Å². The molecule has 20 heavy (non-hydrogen) atoms. The lowest BCUT2D eigenvalue weighted by molar-refractivity contribution is 1.01. The third-order valence-electron chi connectivity index (χ3n) is 3.05. The SMILES string of the molecule is Cc1cc(C)cc(-c2cc(Sc3ccccc3)n[nH]2)c1. The van der Waals surface area contributed by atoms with Gasteiger partial charge < -0.3 is 0 Å². The Balaban J connectivity index is 1.86. The second-order valence-electron chi connectivity index (χ2n) is 4.91. The van der Waals surface area contributed by atoms with Gasteiger partial charge in [-0.15, -0.1) is 0 Å². The van der Waals surface area contributed by atoms with Gasteiger partial charge in [-0.25, -0.2) is 0 Å². The maximum Gasteiger partial charge on any atom is 0.123 e. The molecule has 1 heterocycles. The zero-order valence-electron chi connectivity index (χ0n) is 11.6. The number of nitrogens with one attached hydrogen (secondary N) is 1. The zero-order valence-corrected chi connectivity index (χ0v) is 12.4. The van der Waals surface area contributed by atoms with Gasteiger partial charge in [0.2, 0.25) is 0 Å². The lowest BCUT2D eigenvalue weighted by Gasteiger charge is -2.01. The van der Waals surface area contributed by atoms with Crippen LogP contribution in [0.5, 0.6) is 0 Å². The molecule has 0 amide bonds. The van der Waals surface area contributed by atoms with E-state index in [9.17, 15) is 0 Å². The largest absolute Gasteiger partial charge is 0.277 e. The normalized spacial score (nSPS) is 10.7. The van der Waals surface area contributed by atoms with Crippen molar-refractivity contribution >= 4 is 11.8 Å². The molecular formula is C17H16N2S. The maximum atomic E-state index is 4.39. The number of benzene rings is 2. The second kappa shape index (κ2) is 5.55. The van der Waals surface area contributed by atoms with Crippen LogP contribution in [0.15, 0.2) is 64.5 Å². The van der Waals surface area contributed by atoms with E-state index in [1.807, 2.05) is 18.2 Å². The summed E-state index contributed by atoms with van der Waals surface area (Å²) in [5.74, 6) is 0. The number of aromatic amines is 1. The van der Waals surface area contributed by atoms with Crippen LogP contribution in [0, 0.1) is 13.8 Å². The molecule has 3 aromatic rings. The number of aryl methyl sites for hydroxylation is 2. The molecule has 100 valence electrons. The molecule has 1 N–H and O–H groups in total. The summed E-state index contributed by atoms with van der Waals surface area (Å²) in [6, 6.07) is 18.9. The van der Waals surface area contributed by atoms with Gasteiger partial charge in [0.15, 0.2) is 0 Å². The molecule has 0 saturated heterocycles. The summed E-state index contributed by atoms with van der Waals surface area (Å²) in [4.78, 5) is 1.20. The van der Waals surface area contributed by atoms with Gasteiger partial charge in [-0.1, -0.05) is 47.2 Å². The molecule has 0 saturated carbocycles. The van der Waals surface area contributed by atoms with Crippen LogP contribution >= 0.6 is 11.8 Å². The number of rotatable bonds is 3. The van der Waals surface area contributed by atoms with E-state index in [4.69, 9.17) is 0 Å². The first-order valence-electron chi connectivity index (χ1n) is 6.58. The quantitative estimate of drug-likeness (QED) is 0.743. The highest BCUT2D eigenvalue weighted by atomic mass is 32.2. The van der Waals surface area contributed by atoms with E-state index in [1.54, 1.807) is 11.8 Å². The molecule has 3 heteroatoms. The van der Waals surface area contributed by atoms with Crippen molar-refractivity contribution in [1.29, 1.82) is 0 Å². The summed E-state index contributed by atoms with van der Waals surface area (Å²) >= 11 is 1.67. The number of hydrogen-bond donors (Lipinski definition) is 1. The predicted molar refractivity (Wildman–Crippen MR) is 84.1 cm³/mol. The fourth-order valence-electron chi connectivity index (χ4n) is 2.24. The van der Waals surface area contributed by atoms with Crippen molar-refractivity contribution in [2.75, 3.05) is 0 Å². The summed E-state index contributed by atoms with van der Waals surface area (Å²) in [7, 11) is 0. The van der Waals surface area contributed by atoms with Crippen molar-refractivity contribution in [3.05, 3.63) is 65.7 Å². The molecule has 0 aliphatic carbocycles. The van der Waals surface area contributed by atoms with E-state index >= 15 is 0 Å². The first kappa shape index (κ1) is 13.0. The fraction of sp³-hybridized carbons (Fsp3) is 0.118. The molecule has 0 unspecified atom stereocenters. The molecule has 0 fully saturated rings. The van der Waals surface area contributed by atoms with E-state index in [-0.39, 0.29) is 0 Å². The molecule has 2 nitrogen and oxygen atoms in total. The van der Waals surface area contributed by atoms with Crippen molar-refractivity contribution in [3.63, 3.8) is 0 Å². The molecule has 2 aromatic carbocycles. The minimum atomic E-state index is 0.991. The van der Waals surface area contributed by atoms with Crippen LogP contribution in [-0.4, -0.2) is 10.2 Å². The third-order valence-corrected chi connectivity index (χ3v) is 3.98. The Morgan fingerprint density at radius 2 is 1.60 bits per heavy atom. The topological polar surface area (TPSA) is 28.7 Å². The van der Waals surface area contributed by atoms with Crippen molar-refractivity contribution in [2.45, 2.75) is 23.8 Å². The standard InChI is InChI=1S/C17H16N2S/c1-12-8-13(2)10-14(9-12)16-11-17(19-18-16)20-15-6-4-3-5-7-15/h3-11H,1-2H3,(H,18,19). The smallest absolute Gasteiger partial charge is 0.123 e. The van der Waals surface area contributed by atoms with Crippen LogP contribution in [0.2, 0.25) is 0 Å². The highest BCUT2D eigenvalue weighted by Gasteiger charge is 2.06. The Morgan fingerprint density at radius 3 is 2.30 bits per heavy atom. The zero-order chi connectivity index (χ0) is 13.9. The van der Waals surface area contributed by atoms with E-state index in [2.05, 4.69) is 60.4 Å². The Hall–Kier alpha value is -2.00. The van der Waals surface area contributed by atoms with Gasteiger partial charge in [-0.2, -0.15) is 5.10 Å². The van der Waals surface area contributed by atoms with Gasteiger partial charge in [0.1, 0.15) is 5.03 Å². The summed E-state index contributed by atoms with van der Waals surface area (Å²) in [6.45, 7) is 4.24. The molecular weight excluding hydrogens is 264 g/mol. The number of aromatic nitrogens is 2. The summed E-state index contributed by atoms with van der Waals surface area (Å²) < 4.78 is 0. The summed E-state index contributed by atoms with van der Waals surface area (Å²) in [5.41, 5.74) is 4.80. The van der Waals surface area contributed by atoms with Crippen molar-refractivity contribution in [3.8, 4) is 11.3 Å². The first-order valence-corrected chi connectivity index (χ1v) is 7.39. The van der Waals surface area contributed by atoms with Gasteiger partial charge in [0, 0.05) is 10.5 Å². The molecule has 0 atom stereocenters. The van der Waals surface area contributed by atoms with Gasteiger partial charge >= 0.3 is 0 Å². The lowest BCUT2D eigenvalue weighted by atomic mass is 10.1. The highest BCUT2D eigenvalue weighted by Crippen LogP contribution is 2.29. The number of nitrogens with zero attached hydrogens (tertiary/aromatic N) is 1. The van der Waals surface area contributed by atoms with Crippen molar-refractivity contribution in [2.24, 2.45) is 0 Å². The van der Waals surface area contributed by atoms with Crippen LogP contribution in [-0.2, 0) is 0 Å². The van der Waals surface area contributed by atoms with Crippen LogP contribution < -0.4 is 0 Å². The molecule has 0 spiro atoms. The van der Waals surface area contributed by atoms with Crippen LogP contribution in [0.25, 0.3) is 11.3 Å². The molecule has 0 radical (unpaired) electrons. The fourth-order valence-corrected chi connectivity index (χ4v) is 3.05. The van der Waals surface area contributed by atoms with Crippen molar-refractivity contribution < 1.29 is 0 Å². The average molecular weight is 280 g/mol. The van der Waals surface area contributed by atoms with Gasteiger partial charge in [-0.05, 0) is 44.2 Å². The van der Waals surface area contributed by atoms with Gasteiger partial charge in [0.25, 0.3) is 0 Å². The van der Waals surface area contributed by atoms with E-state index in [1.165, 1.54) is 21.6 Å². The Morgan fingerprint density at radius 1 is 0.900 bits per heavy atom. The average Bonchev–Trinajstić information content (AvgIpc) is 2.87. The minimum Gasteiger partial charge on any atom is -0.277 e. The van der Waals surface area contributed by atoms with E-state index < -0.39 is 0 Å². The van der Waals surface area contributed by atoms with E-state index in [0.29, 0.717) is 0 Å². The lowest BCUT2D eigenvalue weighted by Crippen LogP contribution is -1.82. The summed E-state index contributed by atoms with van der Waals surface area (Å²) in [6.07, 6.45) is 0. The molecule has 0 aliphatic rings. The highest BCUT2D eigenvalue weighted by molar-refractivity contribution is 7.99. The maximum absolute atomic E-state index is 4.39. The Kier molecular flexibility index (Phi) is 3.61. The first-order chi connectivity index (χ1) is 9.70. The van der Waals surface area contributed by atoms with Crippen LogP contribution in [0.1, 0.15) is 11.1 Å². The predicted octanol–water partition coefficient (Wildman–Crippen LogP) is 4.84. The third kappa shape index (κ3) is 2.94. The minimum absolute atomic E-state index is 0.991. The summed E-state index contributed by atoms with van der Waals surface area (Å²) in [5, 5.41) is 8.50. The van der Waals surface area contributed by atoms with Crippen LogP contribution in [0.3, 0.4) is 0 Å². The van der Waals surface area contributed by atoms with E-state index in [0.717, 1.165) is 10.7 Å². The Bertz CT molecular complexity index is 697. The molecule has 1 aromatic heterocycles. The molecule has 0 aliphatic heterocycles. The second-order valence-corrected chi connectivity index (χ2v) is 6.01. The molecule has 0 bridgehead atoms. The number of hydrogen-bond acceptors (Lipinski definition) is 2. The monoisotopic (exact) mass is 280 g/mol. The Labute approximate surface area is 123 Å². The molecule has 3 rings (SSSR count). The number of H-pyrrole nitrogens is 1. The van der Waals surface area contributed by atoms with Gasteiger partial charge in [-0.3, -0.25) is 5.10 Å². The van der Waals surface area contributed by atoms with Crippen molar-refractivity contribution in [1.82, 2.24) is 10.2 Å². The van der Waals surface area contributed by atoms with Crippen LogP contribution in [0.4, 0.5) is 0 Å².